The smallest absolute Gasteiger partial charge is 0.276 e. The van der Waals surface area contributed by atoms with E-state index in [1.54, 1.807) is 24.0 Å². The summed E-state index contributed by atoms with van der Waals surface area (Å²) in [4.78, 5) is 33.6. The highest BCUT2D eigenvalue weighted by Crippen LogP contribution is 2.19. The third kappa shape index (κ3) is 3.30. The van der Waals surface area contributed by atoms with Gasteiger partial charge in [-0.05, 0) is 31.5 Å². The zero-order valence-corrected chi connectivity index (χ0v) is 13.8. The van der Waals surface area contributed by atoms with Gasteiger partial charge in [0.1, 0.15) is 5.69 Å². The van der Waals surface area contributed by atoms with E-state index in [-0.39, 0.29) is 11.8 Å². The van der Waals surface area contributed by atoms with Crippen LogP contribution in [-0.4, -0.2) is 53.0 Å². The Morgan fingerprint density at radius 2 is 2.00 bits per heavy atom. The molecule has 7 heteroatoms. The van der Waals surface area contributed by atoms with Crippen molar-refractivity contribution < 1.29 is 14.3 Å². The maximum absolute atomic E-state index is 12.7. The largest absolute Gasteiger partial charge is 0.378 e. The molecule has 2 aromatic rings. The molecule has 7 nitrogen and oxygen atoms in total. The number of amides is 2. The summed E-state index contributed by atoms with van der Waals surface area (Å²) < 4.78 is 5.28. The number of aromatic nitrogens is 2. The minimum absolute atomic E-state index is 0.0390. The standard InChI is InChI=1S/C17H20N4O3/c1-11-3-4-13(20-16(22)15-12(2)18-10-19-15)9-14(11)17(23)21-5-7-24-8-6-21/h3-4,9-10H,5-8H2,1-2H3,(H,18,19)(H,20,22). The number of nitrogens with zero attached hydrogens (tertiary/aromatic N) is 2. The second kappa shape index (κ2) is 6.84. The summed E-state index contributed by atoms with van der Waals surface area (Å²) in [5, 5.41) is 2.79. The molecule has 0 spiro atoms. The molecule has 2 amide bonds. The zero-order valence-electron chi connectivity index (χ0n) is 13.8. The van der Waals surface area contributed by atoms with E-state index >= 15 is 0 Å². The fraction of sp³-hybridized carbons (Fsp3) is 0.353. The van der Waals surface area contributed by atoms with Crippen LogP contribution < -0.4 is 5.32 Å². The van der Waals surface area contributed by atoms with Gasteiger partial charge in [0.2, 0.25) is 0 Å². The number of anilines is 1. The van der Waals surface area contributed by atoms with Crippen LogP contribution in [0.4, 0.5) is 5.69 Å². The number of morpholine rings is 1. The number of hydrogen-bond acceptors (Lipinski definition) is 4. The van der Waals surface area contributed by atoms with Crippen molar-refractivity contribution in [2.45, 2.75) is 13.8 Å². The lowest BCUT2D eigenvalue weighted by Crippen LogP contribution is -2.41. The molecule has 2 N–H and O–H groups in total. The highest BCUT2D eigenvalue weighted by molar-refractivity contribution is 6.04. The number of carbonyl (C=O) groups excluding carboxylic acids is 2. The summed E-state index contributed by atoms with van der Waals surface area (Å²) in [5.74, 6) is -0.342. The molecule has 0 atom stereocenters. The minimum atomic E-state index is -0.303. The van der Waals surface area contributed by atoms with Crippen LogP contribution in [-0.2, 0) is 4.74 Å². The lowest BCUT2D eigenvalue weighted by atomic mass is 10.1. The van der Waals surface area contributed by atoms with Gasteiger partial charge in [0.25, 0.3) is 11.8 Å². The van der Waals surface area contributed by atoms with Crippen molar-refractivity contribution in [2.24, 2.45) is 0 Å². The average Bonchev–Trinajstić information content (AvgIpc) is 3.03. The van der Waals surface area contributed by atoms with Crippen LogP contribution in [0.2, 0.25) is 0 Å². The molecule has 0 radical (unpaired) electrons. The van der Waals surface area contributed by atoms with E-state index in [0.29, 0.717) is 48.9 Å². The number of imidazole rings is 1. The maximum Gasteiger partial charge on any atom is 0.276 e. The second-order valence-electron chi connectivity index (χ2n) is 5.76. The summed E-state index contributed by atoms with van der Waals surface area (Å²) in [6.07, 6.45) is 1.48. The first kappa shape index (κ1) is 16.2. The van der Waals surface area contributed by atoms with Crippen LogP contribution in [0.5, 0.6) is 0 Å². The summed E-state index contributed by atoms with van der Waals surface area (Å²) in [6.45, 7) is 5.95. The van der Waals surface area contributed by atoms with E-state index < -0.39 is 0 Å². The molecule has 1 fully saturated rings. The second-order valence-corrected chi connectivity index (χ2v) is 5.76. The first-order valence-corrected chi connectivity index (χ1v) is 7.85. The van der Waals surface area contributed by atoms with Gasteiger partial charge in [0, 0.05) is 30.0 Å². The zero-order chi connectivity index (χ0) is 17.1. The van der Waals surface area contributed by atoms with Crippen molar-refractivity contribution in [1.29, 1.82) is 0 Å². The number of benzene rings is 1. The molecule has 0 unspecified atom stereocenters. The SMILES string of the molecule is Cc1ccc(NC(=O)c2nc[nH]c2C)cc1C(=O)N1CCOCC1. The van der Waals surface area contributed by atoms with Crippen LogP contribution in [0.1, 0.15) is 32.1 Å². The van der Waals surface area contributed by atoms with Crippen molar-refractivity contribution >= 4 is 17.5 Å². The number of hydrogen-bond donors (Lipinski definition) is 2. The van der Waals surface area contributed by atoms with Crippen LogP contribution in [0.25, 0.3) is 0 Å². The van der Waals surface area contributed by atoms with E-state index in [4.69, 9.17) is 4.74 Å². The molecule has 1 saturated heterocycles. The Balaban J connectivity index is 1.79. The highest BCUT2D eigenvalue weighted by atomic mass is 16.5. The quantitative estimate of drug-likeness (QED) is 0.898. The van der Waals surface area contributed by atoms with Gasteiger partial charge in [0.05, 0.1) is 19.5 Å². The Morgan fingerprint density at radius 1 is 1.25 bits per heavy atom. The monoisotopic (exact) mass is 328 g/mol. The Hall–Kier alpha value is -2.67. The van der Waals surface area contributed by atoms with Crippen LogP contribution >= 0.6 is 0 Å². The number of H-pyrrole nitrogens is 1. The predicted octanol–water partition coefficient (Wildman–Crippen LogP) is 1.75. The van der Waals surface area contributed by atoms with E-state index in [0.717, 1.165) is 5.56 Å². The molecule has 0 bridgehead atoms. The van der Waals surface area contributed by atoms with E-state index in [9.17, 15) is 9.59 Å². The van der Waals surface area contributed by atoms with Crippen LogP contribution in [0.3, 0.4) is 0 Å². The topological polar surface area (TPSA) is 87.3 Å². The third-order valence-electron chi connectivity index (χ3n) is 4.07. The Labute approximate surface area is 140 Å². The highest BCUT2D eigenvalue weighted by Gasteiger charge is 2.21. The van der Waals surface area contributed by atoms with E-state index in [1.165, 1.54) is 6.33 Å². The van der Waals surface area contributed by atoms with Crippen molar-refractivity contribution in [3.05, 3.63) is 47.0 Å². The molecule has 0 aliphatic carbocycles. The van der Waals surface area contributed by atoms with Crippen molar-refractivity contribution in [3.63, 3.8) is 0 Å². The molecule has 2 heterocycles. The van der Waals surface area contributed by atoms with Gasteiger partial charge in [-0.3, -0.25) is 9.59 Å². The van der Waals surface area contributed by atoms with E-state index in [2.05, 4.69) is 15.3 Å². The van der Waals surface area contributed by atoms with Gasteiger partial charge in [-0.2, -0.15) is 0 Å². The third-order valence-corrected chi connectivity index (χ3v) is 4.07. The Kier molecular flexibility index (Phi) is 4.61. The molecule has 1 aliphatic heterocycles. The van der Waals surface area contributed by atoms with Crippen LogP contribution in [0, 0.1) is 13.8 Å². The fourth-order valence-corrected chi connectivity index (χ4v) is 2.65. The summed E-state index contributed by atoms with van der Waals surface area (Å²) in [7, 11) is 0. The lowest BCUT2D eigenvalue weighted by Gasteiger charge is -2.27. The van der Waals surface area contributed by atoms with Gasteiger partial charge in [-0.1, -0.05) is 6.07 Å². The fourth-order valence-electron chi connectivity index (χ4n) is 2.65. The number of ether oxygens (including phenoxy) is 1. The average molecular weight is 328 g/mol. The summed E-state index contributed by atoms with van der Waals surface area (Å²) in [6, 6.07) is 5.33. The van der Waals surface area contributed by atoms with E-state index in [1.807, 2.05) is 13.0 Å². The summed E-state index contributed by atoms with van der Waals surface area (Å²) in [5.41, 5.74) is 3.08. The first-order chi connectivity index (χ1) is 11.6. The molecule has 0 saturated carbocycles. The number of aromatic amines is 1. The van der Waals surface area contributed by atoms with Crippen molar-refractivity contribution in [3.8, 4) is 0 Å². The van der Waals surface area contributed by atoms with Gasteiger partial charge < -0.3 is 19.9 Å². The lowest BCUT2D eigenvalue weighted by molar-refractivity contribution is 0.0302. The minimum Gasteiger partial charge on any atom is -0.378 e. The van der Waals surface area contributed by atoms with Gasteiger partial charge in [-0.25, -0.2) is 4.98 Å². The maximum atomic E-state index is 12.7. The molecule has 3 rings (SSSR count). The Bertz CT molecular complexity index is 763. The molecule has 24 heavy (non-hydrogen) atoms. The first-order valence-electron chi connectivity index (χ1n) is 7.85. The molecular formula is C17H20N4O3. The molecule has 1 aliphatic rings. The number of nitrogens with one attached hydrogen (secondary N) is 2. The Morgan fingerprint density at radius 3 is 2.67 bits per heavy atom. The predicted molar refractivity (Wildman–Crippen MR) is 89.2 cm³/mol. The molecule has 1 aromatic carbocycles. The molecule has 126 valence electrons. The number of aryl methyl sites for hydroxylation is 2. The number of carbonyl (C=O) groups is 2. The van der Waals surface area contributed by atoms with Gasteiger partial charge in [0.15, 0.2) is 0 Å². The van der Waals surface area contributed by atoms with Crippen molar-refractivity contribution in [1.82, 2.24) is 14.9 Å². The molecular weight excluding hydrogens is 308 g/mol. The normalized spacial score (nSPS) is 14.5. The number of rotatable bonds is 3. The van der Waals surface area contributed by atoms with Gasteiger partial charge >= 0.3 is 0 Å². The summed E-state index contributed by atoms with van der Waals surface area (Å²) >= 11 is 0. The van der Waals surface area contributed by atoms with Crippen LogP contribution in [0.15, 0.2) is 24.5 Å². The van der Waals surface area contributed by atoms with Gasteiger partial charge in [-0.15, -0.1) is 0 Å². The van der Waals surface area contributed by atoms with Crippen molar-refractivity contribution in [2.75, 3.05) is 31.6 Å². The molecule has 1 aromatic heterocycles.